The maximum atomic E-state index is 12.8. The molecule has 1 aromatic heterocycles. The molecule has 0 fully saturated rings. The van der Waals surface area contributed by atoms with E-state index >= 15 is 0 Å². The molecule has 2 heterocycles. The van der Waals surface area contributed by atoms with E-state index in [0.717, 1.165) is 34.6 Å². The largest absolute Gasteiger partial charge is 0.491 e. The number of rotatable bonds is 3. The van der Waals surface area contributed by atoms with Crippen molar-refractivity contribution < 1.29 is 22.7 Å². The van der Waals surface area contributed by atoms with Crippen LogP contribution in [0.1, 0.15) is 16.7 Å². The molecule has 2 aromatic carbocycles. The summed E-state index contributed by atoms with van der Waals surface area (Å²) in [5.41, 5.74) is 2.72. The highest BCUT2D eigenvalue weighted by atomic mass is 19.4. The lowest BCUT2D eigenvalue weighted by Gasteiger charge is -2.20. The highest BCUT2D eigenvalue weighted by Crippen LogP contribution is 2.30. The predicted molar refractivity (Wildman–Crippen MR) is 106 cm³/mol. The summed E-state index contributed by atoms with van der Waals surface area (Å²) in [5, 5.41) is 0. The van der Waals surface area contributed by atoms with Crippen LogP contribution in [0.25, 0.3) is 11.1 Å². The van der Waals surface area contributed by atoms with E-state index in [2.05, 4.69) is 4.98 Å². The molecular weight excluding hydrogens is 393 g/mol. The van der Waals surface area contributed by atoms with Crippen LogP contribution in [-0.4, -0.2) is 28.9 Å². The van der Waals surface area contributed by atoms with Crippen molar-refractivity contribution in [2.45, 2.75) is 19.1 Å². The average Bonchev–Trinajstić information content (AvgIpc) is 2.96. The molecule has 4 rings (SSSR count). The van der Waals surface area contributed by atoms with Crippen molar-refractivity contribution in [3.63, 3.8) is 0 Å². The predicted octanol–water partition coefficient (Wildman–Crippen LogP) is 4.73. The average molecular weight is 412 g/mol. The van der Waals surface area contributed by atoms with Crippen LogP contribution >= 0.6 is 0 Å². The number of hydrogen-bond acceptors (Lipinski definition) is 3. The molecule has 0 saturated carbocycles. The molecule has 154 valence electrons. The Labute approximate surface area is 171 Å². The molecule has 0 atom stereocenters. The first-order valence-corrected chi connectivity index (χ1v) is 9.50. The normalized spacial score (nSPS) is 13.9. The first-order chi connectivity index (χ1) is 14.4. The number of nitrogens with zero attached hydrogens (tertiary/aromatic N) is 2. The van der Waals surface area contributed by atoms with Gasteiger partial charge in [0.15, 0.2) is 0 Å². The van der Waals surface area contributed by atoms with Crippen molar-refractivity contribution in [2.75, 3.05) is 13.2 Å². The number of aromatic nitrogens is 1. The van der Waals surface area contributed by atoms with Crippen LogP contribution in [0.2, 0.25) is 0 Å². The van der Waals surface area contributed by atoms with Crippen molar-refractivity contribution in [2.24, 2.45) is 0 Å². The number of carbonyl (C=O) groups excluding carboxylic acids is 1. The monoisotopic (exact) mass is 412 g/mol. The second-order valence-corrected chi connectivity index (χ2v) is 7.09. The summed E-state index contributed by atoms with van der Waals surface area (Å²) < 4.78 is 44.0. The van der Waals surface area contributed by atoms with Gasteiger partial charge in [-0.1, -0.05) is 18.2 Å². The number of fused-ring (bicyclic) bond motifs is 1. The Morgan fingerprint density at radius 2 is 1.73 bits per heavy atom. The fourth-order valence-corrected chi connectivity index (χ4v) is 3.43. The van der Waals surface area contributed by atoms with Gasteiger partial charge in [0.2, 0.25) is 5.91 Å². The first-order valence-electron chi connectivity index (χ1n) is 9.50. The molecular formula is C23H19F3N2O2. The number of hydrogen-bond donors (Lipinski definition) is 0. The van der Waals surface area contributed by atoms with Gasteiger partial charge in [0.1, 0.15) is 12.4 Å². The summed E-state index contributed by atoms with van der Waals surface area (Å²) in [5.74, 6) is 0.582. The molecule has 0 spiro atoms. The second kappa shape index (κ2) is 8.18. The third-order valence-corrected chi connectivity index (χ3v) is 5.04. The Morgan fingerprint density at radius 3 is 2.43 bits per heavy atom. The lowest BCUT2D eigenvalue weighted by atomic mass is 10.0. The molecule has 0 N–H and O–H groups in total. The van der Waals surface area contributed by atoms with Gasteiger partial charge >= 0.3 is 6.18 Å². The smallest absolute Gasteiger partial charge is 0.416 e. The van der Waals surface area contributed by atoms with Gasteiger partial charge in [0.25, 0.3) is 0 Å². The van der Waals surface area contributed by atoms with E-state index in [9.17, 15) is 18.0 Å². The van der Waals surface area contributed by atoms with Gasteiger partial charge in [-0.2, -0.15) is 13.2 Å². The van der Waals surface area contributed by atoms with Crippen molar-refractivity contribution in [1.82, 2.24) is 9.88 Å². The molecule has 1 aliphatic rings. The standard InChI is InChI=1S/C23H19F3N2O2/c24-23(25,26)20-4-1-16(2-5-20)13-22(29)28-11-12-30-21-6-3-18(14-19(21)15-28)17-7-9-27-10-8-17/h1-10,14H,11-13,15H2. The summed E-state index contributed by atoms with van der Waals surface area (Å²) >= 11 is 0. The Bertz CT molecular complexity index is 1030. The van der Waals surface area contributed by atoms with Gasteiger partial charge in [-0.3, -0.25) is 9.78 Å². The lowest BCUT2D eigenvalue weighted by molar-refractivity contribution is -0.137. The van der Waals surface area contributed by atoms with Crippen molar-refractivity contribution in [1.29, 1.82) is 0 Å². The summed E-state index contributed by atoms with van der Waals surface area (Å²) in [4.78, 5) is 18.5. The molecule has 4 nitrogen and oxygen atoms in total. The molecule has 0 bridgehead atoms. The molecule has 0 radical (unpaired) electrons. The van der Waals surface area contributed by atoms with Gasteiger partial charge < -0.3 is 9.64 Å². The van der Waals surface area contributed by atoms with Gasteiger partial charge in [0.05, 0.1) is 18.5 Å². The summed E-state index contributed by atoms with van der Waals surface area (Å²) in [7, 11) is 0. The zero-order chi connectivity index (χ0) is 21.1. The van der Waals surface area contributed by atoms with E-state index < -0.39 is 11.7 Å². The SMILES string of the molecule is O=C(Cc1ccc(C(F)(F)F)cc1)N1CCOc2ccc(-c3ccncc3)cc2C1. The molecule has 0 saturated heterocycles. The van der Waals surface area contributed by atoms with E-state index in [1.807, 2.05) is 30.3 Å². The summed E-state index contributed by atoms with van der Waals surface area (Å²) in [6, 6.07) is 14.4. The lowest BCUT2D eigenvalue weighted by Crippen LogP contribution is -2.33. The Morgan fingerprint density at radius 1 is 1.00 bits per heavy atom. The Hall–Kier alpha value is -3.35. The number of ether oxygens (including phenoxy) is 1. The number of amides is 1. The van der Waals surface area contributed by atoms with Crippen LogP contribution in [-0.2, 0) is 23.9 Å². The van der Waals surface area contributed by atoms with E-state index in [1.54, 1.807) is 17.3 Å². The molecule has 0 aliphatic carbocycles. The van der Waals surface area contributed by atoms with E-state index in [1.165, 1.54) is 12.1 Å². The second-order valence-electron chi connectivity index (χ2n) is 7.09. The highest BCUT2D eigenvalue weighted by Gasteiger charge is 2.30. The Balaban J connectivity index is 1.50. The van der Waals surface area contributed by atoms with Crippen LogP contribution in [0.4, 0.5) is 13.2 Å². The number of halogens is 3. The number of carbonyl (C=O) groups is 1. The molecule has 30 heavy (non-hydrogen) atoms. The van der Waals surface area contributed by atoms with Crippen molar-refractivity contribution in [3.8, 4) is 16.9 Å². The van der Waals surface area contributed by atoms with Gasteiger partial charge in [-0.15, -0.1) is 0 Å². The van der Waals surface area contributed by atoms with Crippen LogP contribution in [0, 0.1) is 0 Å². The molecule has 3 aromatic rings. The third kappa shape index (κ3) is 4.45. The number of pyridine rings is 1. The van der Waals surface area contributed by atoms with Crippen LogP contribution in [0.5, 0.6) is 5.75 Å². The molecule has 0 unspecified atom stereocenters. The fraction of sp³-hybridized carbons (Fsp3) is 0.217. The minimum absolute atomic E-state index is 0.0392. The maximum Gasteiger partial charge on any atom is 0.416 e. The van der Waals surface area contributed by atoms with E-state index in [4.69, 9.17) is 4.74 Å². The summed E-state index contributed by atoms with van der Waals surface area (Å²) in [6.45, 7) is 1.16. The minimum atomic E-state index is -4.39. The number of benzene rings is 2. The van der Waals surface area contributed by atoms with Crippen molar-refractivity contribution in [3.05, 3.63) is 83.7 Å². The fourth-order valence-electron chi connectivity index (χ4n) is 3.43. The van der Waals surface area contributed by atoms with E-state index in [0.29, 0.717) is 25.3 Å². The third-order valence-electron chi connectivity index (χ3n) is 5.04. The highest BCUT2D eigenvalue weighted by molar-refractivity contribution is 5.79. The minimum Gasteiger partial charge on any atom is -0.491 e. The topological polar surface area (TPSA) is 42.4 Å². The first kappa shape index (κ1) is 19.9. The van der Waals surface area contributed by atoms with Gasteiger partial charge in [-0.05, 0) is 53.1 Å². The van der Waals surface area contributed by atoms with E-state index in [-0.39, 0.29) is 12.3 Å². The zero-order valence-corrected chi connectivity index (χ0v) is 16.0. The van der Waals surface area contributed by atoms with Gasteiger partial charge in [0, 0.05) is 24.5 Å². The molecule has 7 heteroatoms. The van der Waals surface area contributed by atoms with Crippen LogP contribution in [0.3, 0.4) is 0 Å². The zero-order valence-electron chi connectivity index (χ0n) is 16.0. The maximum absolute atomic E-state index is 12.8. The molecule has 1 aliphatic heterocycles. The van der Waals surface area contributed by atoms with Crippen LogP contribution < -0.4 is 4.74 Å². The van der Waals surface area contributed by atoms with Crippen molar-refractivity contribution >= 4 is 5.91 Å². The van der Waals surface area contributed by atoms with Crippen LogP contribution in [0.15, 0.2) is 67.0 Å². The quantitative estimate of drug-likeness (QED) is 0.625. The Kier molecular flexibility index (Phi) is 5.44. The number of alkyl halides is 3. The van der Waals surface area contributed by atoms with Gasteiger partial charge in [-0.25, -0.2) is 0 Å². The molecule has 1 amide bonds. The summed E-state index contributed by atoms with van der Waals surface area (Å²) in [6.07, 6.45) is -0.910.